The van der Waals surface area contributed by atoms with Crippen LogP contribution < -0.4 is 20.7 Å². The Balaban J connectivity index is 1.71. The third-order valence-electron chi connectivity index (χ3n) is 4.19. The highest BCUT2D eigenvalue weighted by atomic mass is 16.6. The molecule has 0 spiro atoms. The molecule has 3 N–H and O–H groups in total. The number of amides is 1. The van der Waals surface area contributed by atoms with Crippen molar-refractivity contribution in [3.05, 3.63) is 11.8 Å². The van der Waals surface area contributed by atoms with Crippen LogP contribution in [0.25, 0.3) is 0 Å². The molecule has 1 aromatic rings. The summed E-state index contributed by atoms with van der Waals surface area (Å²) in [5, 5.41) is 2.97. The van der Waals surface area contributed by atoms with Gasteiger partial charge in [-0.2, -0.15) is 0 Å². The molecule has 0 radical (unpaired) electrons. The highest BCUT2D eigenvalue weighted by molar-refractivity contribution is 5.74. The van der Waals surface area contributed by atoms with E-state index < -0.39 is 5.60 Å². The zero-order valence-corrected chi connectivity index (χ0v) is 14.6. The van der Waals surface area contributed by atoms with Crippen LogP contribution >= 0.6 is 0 Å². The molecular formula is C17H26N4O3. The molecule has 3 rings (SSSR count). The summed E-state index contributed by atoms with van der Waals surface area (Å²) in [4.78, 5) is 18.5. The molecule has 0 aromatic carbocycles. The second-order valence-electron chi connectivity index (χ2n) is 7.38. The largest absolute Gasteiger partial charge is 0.477 e. The fourth-order valence-electron chi connectivity index (χ4n) is 3.29. The number of piperidine rings is 1. The minimum atomic E-state index is -0.494. The Morgan fingerprint density at radius 1 is 1.50 bits per heavy atom. The third-order valence-corrected chi connectivity index (χ3v) is 4.19. The highest BCUT2D eigenvalue weighted by Crippen LogP contribution is 2.37. The van der Waals surface area contributed by atoms with Crippen LogP contribution in [-0.4, -0.2) is 42.4 Å². The molecule has 1 atom stereocenters. The number of pyridine rings is 1. The quantitative estimate of drug-likeness (QED) is 0.861. The lowest BCUT2D eigenvalue weighted by Crippen LogP contribution is -2.49. The first kappa shape index (κ1) is 16.7. The van der Waals surface area contributed by atoms with Crippen LogP contribution in [0.15, 0.2) is 6.20 Å². The van der Waals surface area contributed by atoms with Gasteiger partial charge in [0.25, 0.3) is 0 Å². The molecule has 2 aliphatic heterocycles. The van der Waals surface area contributed by atoms with Crippen molar-refractivity contribution in [3.8, 4) is 5.88 Å². The van der Waals surface area contributed by atoms with Gasteiger partial charge in [0.1, 0.15) is 5.60 Å². The Kier molecular flexibility index (Phi) is 4.43. The number of hydrogen-bond acceptors (Lipinski definition) is 6. The van der Waals surface area contributed by atoms with E-state index in [0.717, 1.165) is 37.1 Å². The van der Waals surface area contributed by atoms with Gasteiger partial charge >= 0.3 is 6.09 Å². The molecule has 2 aliphatic rings. The van der Waals surface area contributed by atoms with Crippen LogP contribution in [0.2, 0.25) is 0 Å². The zero-order chi connectivity index (χ0) is 17.3. The Bertz CT molecular complexity index is 627. The first-order valence-corrected chi connectivity index (χ1v) is 8.48. The first-order chi connectivity index (χ1) is 11.3. The summed E-state index contributed by atoms with van der Waals surface area (Å²) in [6, 6.07) is 0.0409. The second-order valence-corrected chi connectivity index (χ2v) is 7.38. The standard InChI is InChI=1S/C17H26N4O3/c1-17(2,3)24-16(22)20-11-5-4-7-21(10-11)14-12-6-8-23-15(12)19-9-13(14)18/h9,11H,4-8,10,18H2,1-3H3,(H,20,22). The van der Waals surface area contributed by atoms with Gasteiger partial charge in [-0.3, -0.25) is 0 Å². The molecule has 1 aromatic heterocycles. The molecule has 132 valence electrons. The number of carbonyl (C=O) groups excluding carboxylic acids is 1. The van der Waals surface area contributed by atoms with Gasteiger partial charge in [0, 0.05) is 31.1 Å². The van der Waals surface area contributed by atoms with Gasteiger partial charge in [0.2, 0.25) is 5.88 Å². The molecule has 1 amide bonds. The maximum Gasteiger partial charge on any atom is 0.407 e. The van der Waals surface area contributed by atoms with Gasteiger partial charge in [-0.15, -0.1) is 0 Å². The molecule has 24 heavy (non-hydrogen) atoms. The van der Waals surface area contributed by atoms with Crippen molar-refractivity contribution >= 4 is 17.5 Å². The molecule has 1 unspecified atom stereocenters. The molecule has 0 bridgehead atoms. The number of hydrogen-bond donors (Lipinski definition) is 2. The van der Waals surface area contributed by atoms with E-state index in [1.165, 1.54) is 0 Å². The Hall–Kier alpha value is -2.18. The smallest absolute Gasteiger partial charge is 0.407 e. The Labute approximate surface area is 142 Å². The van der Waals surface area contributed by atoms with Crippen molar-refractivity contribution in [2.45, 2.75) is 51.7 Å². The summed E-state index contributed by atoms with van der Waals surface area (Å²) in [6.45, 7) is 7.85. The third kappa shape index (κ3) is 3.66. The molecule has 1 saturated heterocycles. The summed E-state index contributed by atoms with van der Waals surface area (Å²) in [7, 11) is 0. The van der Waals surface area contributed by atoms with Crippen molar-refractivity contribution in [1.29, 1.82) is 0 Å². The molecule has 1 fully saturated rings. The number of carbonyl (C=O) groups is 1. The summed E-state index contributed by atoms with van der Waals surface area (Å²) in [6.07, 6.45) is 4.02. The number of nitrogens with zero attached hydrogens (tertiary/aromatic N) is 2. The number of alkyl carbamates (subject to hydrolysis) is 1. The number of aromatic nitrogens is 1. The summed E-state index contributed by atoms with van der Waals surface area (Å²) in [5.41, 5.74) is 8.44. The predicted molar refractivity (Wildman–Crippen MR) is 92.5 cm³/mol. The number of nitrogens with one attached hydrogen (secondary N) is 1. The number of anilines is 2. The lowest BCUT2D eigenvalue weighted by Gasteiger charge is -2.36. The first-order valence-electron chi connectivity index (χ1n) is 8.48. The summed E-state index contributed by atoms with van der Waals surface area (Å²) >= 11 is 0. The van der Waals surface area contributed by atoms with E-state index in [1.54, 1.807) is 6.20 Å². The summed E-state index contributed by atoms with van der Waals surface area (Å²) in [5.74, 6) is 0.682. The maximum absolute atomic E-state index is 12.0. The van der Waals surface area contributed by atoms with Crippen molar-refractivity contribution in [3.63, 3.8) is 0 Å². The van der Waals surface area contributed by atoms with Gasteiger partial charge in [0.15, 0.2) is 0 Å². The molecule has 7 nitrogen and oxygen atoms in total. The van der Waals surface area contributed by atoms with Crippen molar-refractivity contribution in [2.75, 3.05) is 30.3 Å². The minimum absolute atomic E-state index is 0.0409. The lowest BCUT2D eigenvalue weighted by molar-refractivity contribution is 0.0500. The topological polar surface area (TPSA) is 89.7 Å². The SMILES string of the molecule is CC(C)(C)OC(=O)NC1CCCN(c2c(N)cnc3c2CCO3)C1. The fraction of sp³-hybridized carbons (Fsp3) is 0.647. The van der Waals surface area contributed by atoms with Crippen molar-refractivity contribution < 1.29 is 14.3 Å². The predicted octanol–water partition coefficient (Wildman–Crippen LogP) is 2.09. The zero-order valence-electron chi connectivity index (χ0n) is 14.6. The van der Waals surface area contributed by atoms with E-state index in [1.807, 2.05) is 20.8 Å². The average molecular weight is 334 g/mol. The van der Waals surface area contributed by atoms with Crippen LogP contribution in [0.3, 0.4) is 0 Å². The molecular weight excluding hydrogens is 308 g/mol. The second kappa shape index (κ2) is 6.37. The monoisotopic (exact) mass is 334 g/mol. The molecule has 7 heteroatoms. The van der Waals surface area contributed by atoms with Gasteiger partial charge in [-0.1, -0.05) is 0 Å². The van der Waals surface area contributed by atoms with Gasteiger partial charge in [-0.05, 0) is 33.6 Å². The van der Waals surface area contributed by atoms with Gasteiger partial charge in [0.05, 0.1) is 24.2 Å². The Morgan fingerprint density at radius 2 is 2.29 bits per heavy atom. The average Bonchev–Trinajstić information content (AvgIpc) is 2.93. The van der Waals surface area contributed by atoms with E-state index >= 15 is 0 Å². The fourth-order valence-corrected chi connectivity index (χ4v) is 3.29. The van der Waals surface area contributed by atoms with E-state index in [-0.39, 0.29) is 12.1 Å². The van der Waals surface area contributed by atoms with Crippen LogP contribution in [0.5, 0.6) is 5.88 Å². The lowest BCUT2D eigenvalue weighted by atomic mass is 10.0. The molecule has 3 heterocycles. The highest BCUT2D eigenvalue weighted by Gasteiger charge is 2.29. The van der Waals surface area contributed by atoms with Crippen LogP contribution in [-0.2, 0) is 11.2 Å². The van der Waals surface area contributed by atoms with E-state index in [2.05, 4.69) is 15.2 Å². The summed E-state index contributed by atoms with van der Waals surface area (Å²) < 4.78 is 10.9. The van der Waals surface area contributed by atoms with E-state index in [0.29, 0.717) is 24.7 Å². The number of fused-ring (bicyclic) bond motifs is 1. The van der Waals surface area contributed by atoms with E-state index in [4.69, 9.17) is 15.2 Å². The molecule has 0 aliphatic carbocycles. The normalized spacial score (nSPS) is 20.3. The van der Waals surface area contributed by atoms with Crippen molar-refractivity contribution in [2.24, 2.45) is 0 Å². The number of nitrogens with two attached hydrogens (primary N) is 1. The van der Waals surface area contributed by atoms with Crippen LogP contribution in [0, 0.1) is 0 Å². The van der Waals surface area contributed by atoms with Crippen molar-refractivity contribution in [1.82, 2.24) is 10.3 Å². The van der Waals surface area contributed by atoms with Gasteiger partial charge < -0.3 is 25.4 Å². The van der Waals surface area contributed by atoms with E-state index in [9.17, 15) is 4.79 Å². The maximum atomic E-state index is 12.0. The number of nitrogen functional groups attached to an aromatic ring is 1. The van der Waals surface area contributed by atoms with Gasteiger partial charge in [-0.25, -0.2) is 9.78 Å². The number of ether oxygens (including phenoxy) is 2. The molecule has 0 saturated carbocycles. The number of rotatable bonds is 2. The van der Waals surface area contributed by atoms with Crippen LogP contribution in [0.1, 0.15) is 39.2 Å². The minimum Gasteiger partial charge on any atom is -0.477 e. The Morgan fingerprint density at radius 3 is 3.04 bits per heavy atom. The van der Waals surface area contributed by atoms with Crippen LogP contribution in [0.4, 0.5) is 16.2 Å².